The first-order chi connectivity index (χ1) is 8.12. The SMILES string of the molecule is C=C/C(=N\N)NC(=O)c1cc(COC)nn1C. The number of amidine groups is 1. The van der Waals surface area contributed by atoms with Gasteiger partial charge in [-0.05, 0) is 12.1 Å². The van der Waals surface area contributed by atoms with Gasteiger partial charge in [0.15, 0.2) is 5.84 Å². The van der Waals surface area contributed by atoms with E-state index in [9.17, 15) is 4.79 Å². The molecule has 0 bridgehead atoms. The quantitative estimate of drug-likeness (QED) is 0.327. The van der Waals surface area contributed by atoms with Crippen molar-refractivity contribution >= 4 is 11.7 Å². The third-order valence-electron chi connectivity index (χ3n) is 2.03. The predicted octanol–water partition coefficient (Wildman–Crippen LogP) is -0.246. The highest BCUT2D eigenvalue weighted by molar-refractivity contribution is 6.09. The summed E-state index contributed by atoms with van der Waals surface area (Å²) in [6.45, 7) is 3.82. The van der Waals surface area contributed by atoms with Gasteiger partial charge in [0.1, 0.15) is 5.69 Å². The predicted molar refractivity (Wildman–Crippen MR) is 63.2 cm³/mol. The fourth-order valence-electron chi connectivity index (χ4n) is 1.27. The van der Waals surface area contributed by atoms with Gasteiger partial charge in [-0.25, -0.2) is 0 Å². The molecule has 1 amide bonds. The van der Waals surface area contributed by atoms with Crippen LogP contribution in [0.1, 0.15) is 16.2 Å². The summed E-state index contributed by atoms with van der Waals surface area (Å²) in [5.41, 5.74) is 1.06. The molecule has 0 aliphatic carbocycles. The van der Waals surface area contributed by atoms with Gasteiger partial charge >= 0.3 is 0 Å². The lowest BCUT2D eigenvalue weighted by atomic mass is 10.3. The maximum Gasteiger partial charge on any atom is 0.275 e. The molecule has 0 saturated heterocycles. The second kappa shape index (κ2) is 5.80. The van der Waals surface area contributed by atoms with Gasteiger partial charge in [0.05, 0.1) is 12.3 Å². The number of amides is 1. The maximum absolute atomic E-state index is 11.8. The molecular weight excluding hydrogens is 222 g/mol. The van der Waals surface area contributed by atoms with Crippen molar-refractivity contribution in [1.29, 1.82) is 0 Å². The monoisotopic (exact) mass is 237 g/mol. The van der Waals surface area contributed by atoms with Gasteiger partial charge in [0.2, 0.25) is 0 Å². The number of nitrogens with one attached hydrogen (secondary N) is 1. The van der Waals surface area contributed by atoms with Crippen LogP contribution in [0.5, 0.6) is 0 Å². The van der Waals surface area contributed by atoms with E-state index in [1.165, 1.54) is 10.8 Å². The van der Waals surface area contributed by atoms with Crippen LogP contribution in [-0.4, -0.2) is 28.6 Å². The third-order valence-corrected chi connectivity index (χ3v) is 2.03. The van der Waals surface area contributed by atoms with Gasteiger partial charge in [0, 0.05) is 14.2 Å². The lowest BCUT2D eigenvalue weighted by Crippen LogP contribution is -2.31. The Morgan fingerprint density at radius 3 is 3.06 bits per heavy atom. The van der Waals surface area contributed by atoms with E-state index in [1.807, 2.05) is 0 Å². The Balaban J connectivity index is 2.85. The zero-order chi connectivity index (χ0) is 12.8. The molecule has 0 unspecified atom stereocenters. The van der Waals surface area contributed by atoms with Gasteiger partial charge in [-0.3, -0.25) is 9.48 Å². The van der Waals surface area contributed by atoms with E-state index >= 15 is 0 Å². The molecule has 0 fully saturated rings. The number of carbonyl (C=O) groups is 1. The van der Waals surface area contributed by atoms with Crippen molar-refractivity contribution in [2.24, 2.45) is 18.0 Å². The number of nitrogens with two attached hydrogens (primary N) is 1. The number of hydrogen-bond donors (Lipinski definition) is 2. The smallest absolute Gasteiger partial charge is 0.275 e. The van der Waals surface area contributed by atoms with Gasteiger partial charge in [-0.15, -0.1) is 0 Å². The molecule has 0 spiro atoms. The Hall–Kier alpha value is -2.15. The fourth-order valence-corrected chi connectivity index (χ4v) is 1.27. The van der Waals surface area contributed by atoms with Crippen molar-refractivity contribution in [1.82, 2.24) is 15.1 Å². The molecule has 0 aromatic carbocycles. The molecule has 0 saturated carbocycles. The summed E-state index contributed by atoms with van der Waals surface area (Å²) < 4.78 is 6.39. The molecule has 7 nitrogen and oxygen atoms in total. The molecule has 3 N–H and O–H groups in total. The first-order valence-corrected chi connectivity index (χ1v) is 4.86. The van der Waals surface area contributed by atoms with Gasteiger partial charge in [-0.1, -0.05) is 6.58 Å². The van der Waals surface area contributed by atoms with E-state index < -0.39 is 0 Å². The van der Waals surface area contributed by atoms with E-state index in [1.54, 1.807) is 20.2 Å². The molecule has 0 aliphatic heterocycles. The summed E-state index contributed by atoms with van der Waals surface area (Å²) in [6, 6.07) is 1.63. The topological polar surface area (TPSA) is 94.5 Å². The molecule has 7 heteroatoms. The van der Waals surface area contributed by atoms with Crippen LogP contribution in [0.4, 0.5) is 0 Å². The minimum atomic E-state index is -0.355. The zero-order valence-corrected chi connectivity index (χ0v) is 9.80. The highest BCUT2D eigenvalue weighted by Gasteiger charge is 2.13. The summed E-state index contributed by atoms with van der Waals surface area (Å²) in [5.74, 6) is 4.90. The number of rotatable bonds is 4. The van der Waals surface area contributed by atoms with E-state index in [2.05, 4.69) is 22.1 Å². The van der Waals surface area contributed by atoms with Crippen LogP contribution >= 0.6 is 0 Å². The molecule has 1 rings (SSSR count). The number of methoxy groups -OCH3 is 1. The van der Waals surface area contributed by atoms with Gasteiger partial charge in [-0.2, -0.15) is 10.2 Å². The number of hydrazone groups is 1. The van der Waals surface area contributed by atoms with Crippen molar-refractivity contribution in [2.75, 3.05) is 7.11 Å². The largest absolute Gasteiger partial charge is 0.378 e. The maximum atomic E-state index is 11.8. The number of nitrogens with zero attached hydrogens (tertiary/aromatic N) is 3. The van der Waals surface area contributed by atoms with E-state index in [0.717, 1.165) is 0 Å². The average Bonchev–Trinajstić information content (AvgIpc) is 2.67. The second-order valence-corrected chi connectivity index (χ2v) is 3.25. The first kappa shape index (κ1) is 12.9. The summed E-state index contributed by atoms with van der Waals surface area (Å²) >= 11 is 0. The van der Waals surface area contributed by atoms with Crippen LogP contribution in [0, 0.1) is 0 Å². The zero-order valence-electron chi connectivity index (χ0n) is 9.80. The highest BCUT2D eigenvalue weighted by Crippen LogP contribution is 2.04. The molecule has 1 aromatic rings. The Kier molecular flexibility index (Phi) is 4.41. The Labute approximate surface area is 98.9 Å². The van der Waals surface area contributed by atoms with E-state index in [-0.39, 0.29) is 11.7 Å². The van der Waals surface area contributed by atoms with E-state index in [0.29, 0.717) is 18.0 Å². The lowest BCUT2D eigenvalue weighted by molar-refractivity contribution is 0.0968. The minimum absolute atomic E-state index is 0.199. The van der Waals surface area contributed by atoms with Crippen molar-refractivity contribution < 1.29 is 9.53 Å². The molecule has 92 valence electrons. The Bertz CT molecular complexity index is 450. The molecule has 0 radical (unpaired) electrons. The number of ether oxygens (including phenoxy) is 1. The minimum Gasteiger partial charge on any atom is -0.378 e. The summed E-state index contributed by atoms with van der Waals surface area (Å²) in [4.78, 5) is 11.8. The van der Waals surface area contributed by atoms with Crippen LogP contribution < -0.4 is 11.2 Å². The standard InChI is InChI=1S/C10H15N5O2/c1-4-9(13-11)12-10(16)8-5-7(6-17-3)14-15(8)2/h4-5H,1,6,11H2,2-3H3,(H,12,13,16). The number of carbonyl (C=O) groups excluding carboxylic acids is 1. The van der Waals surface area contributed by atoms with Gasteiger partial charge < -0.3 is 15.9 Å². The van der Waals surface area contributed by atoms with Crippen molar-refractivity contribution in [3.05, 3.63) is 30.1 Å². The van der Waals surface area contributed by atoms with Crippen molar-refractivity contribution in [3.8, 4) is 0 Å². The number of aryl methyl sites for hydroxylation is 1. The number of hydrogen-bond acceptors (Lipinski definition) is 5. The average molecular weight is 237 g/mol. The highest BCUT2D eigenvalue weighted by atomic mass is 16.5. The Morgan fingerprint density at radius 2 is 2.53 bits per heavy atom. The molecule has 1 aromatic heterocycles. The molecule has 0 aliphatic rings. The lowest BCUT2D eigenvalue weighted by Gasteiger charge is -2.03. The van der Waals surface area contributed by atoms with Crippen molar-refractivity contribution in [3.63, 3.8) is 0 Å². The molecule has 17 heavy (non-hydrogen) atoms. The van der Waals surface area contributed by atoms with Crippen LogP contribution in [0.25, 0.3) is 0 Å². The first-order valence-electron chi connectivity index (χ1n) is 4.86. The van der Waals surface area contributed by atoms with E-state index in [4.69, 9.17) is 10.6 Å². The van der Waals surface area contributed by atoms with Gasteiger partial charge in [0.25, 0.3) is 5.91 Å². The summed E-state index contributed by atoms with van der Waals surface area (Å²) in [5, 5.41) is 9.97. The van der Waals surface area contributed by atoms with Crippen molar-refractivity contribution in [2.45, 2.75) is 6.61 Å². The molecule has 1 heterocycles. The summed E-state index contributed by atoms with van der Waals surface area (Å²) in [7, 11) is 3.23. The molecular formula is C10H15N5O2. The fraction of sp³-hybridized carbons (Fsp3) is 0.300. The number of aromatic nitrogens is 2. The third kappa shape index (κ3) is 3.15. The molecule has 0 atom stereocenters. The van der Waals surface area contributed by atoms with Crippen LogP contribution in [0.3, 0.4) is 0 Å². The summed E-state index contributed by atoms with van der Waals surface area (Å²) in [6.07, 6.45) is 1.35. The normalized spacial score (nSPS) is 11.3. The second-order valence-electron chi connectivity index (χ2n) is 3.25. The Morgan fingerprint density at radius 1 is 1.82 bits per heavy atom. The van der Waals surface area contributed by atoms with Crippen LogP contribution in [0.2, 0.25) is 0 Å². The van der Waals surface area contributed by atoms with Crippen LogP contribution in [0.15, 0.2) is 23.8 Å². The van der Waals surface area contributed by atoms with Crippen LogP contribution in [-0.2, 0) is 18.4 Å².